The second-order valence-electron chi connectivity index (χ2n) is 6.35. The van der Waals surface area contributed by atoms with Crippen LogP contribution in [-0.2, 0) is 4.74 Å². The van der Waals surface area contributed by atoms with E-state index in [1.165, 1.54) is 57.8 Å². The Bertz CT molecular complexity index is 232. The SMILES string of the molecule is C=CCOC1CCC([C@H]2CC[C@H](CC)CC2)CC1. The van der Waals surface area contributed by atoms with Gasteiger partial charge in [-0.05, 0) is 56.3 Å². The molecule has 0 aromatic heterocycles. The normalized spacial score (nSPS) is 37.4. The molecule has 0 unspecified atom stereocenters. The second-order valence-corrected chi connectivity index (χ2v) is 6.35. The zero-order valence-corrected chi connectivity index (χ0v) is 12.1. The van der Waals surface area contributed by atoms with Crippen molar-refractivity contribution in [3.63, 3.8) is 0 Å². The fraction of sp³-hybridized carbons (Fsp3) is 0.882. The van der Waals surface area contributed by atoms with Crippen molar-refractivity contribution in [1.29, 1.82) is 0 Å². The first kappa shape index (κ1) is 14.1. The quantitative estimate of drug-likeness (QED) is 0.626. The summed E-state index contributed by atoms with van der Waals surface area (Å²) < 4.78 is 5.78. The van der Waals surface area contributed by atoms with Gasteiger partial charge in [-0.3, -0.25) is 0 Å². The lowest BCUT2D eigenvalue weighted by Crippen LogP contribution is -2.28. The minimum absolute atomic E-state index is 0.520. The maximum absolute atomic E-state index is 5.78. The van der Waals surface area contributed by atoms with Crippen molar-refractivity contribution >= 4 is 0 Å². The Morgan fingerprint density at radius 2 is 1.50 bits per heavy atom. The van der Waals surface area contributed by atoms with Gasteiger partial charge in [0.2, 0.25) is 0 Å². The van der Waals surface area contributed by atoms with Crippen LogP contribution in [0.3, 0.4) is 0 Å². The maximum atomic E-state index is 5.78. The van der Waals surface area contributed by atoms with Crippen LogP contribution in [0.15, 0.2) is 12.7 Å². The Balaban J connectivity index is 1.68. The van der Waals surface area contributed by atoms with Crippen molar-refractivity contribution in [2.24, 2.45) is 17.8 Å². The molecule has 0 spiro atoms. The summed E-state index contributed by atoms with van der Waals surface area (Å²) in [5.41, 5.74) is 0. The summed E-state index contributed by atoms with van der Waals surface area (Å²) in [6.07, 6.45) is 15.2. The lowest BCUT2D eigenvalue weighted by Gasteiger charge is -2.37. The van der Waals surface area contributed by atoms with Crippen LogP contribution in [0, 0.1) is 17.8 Å². The third-order valence-corrected chi connectivity index (χ3v) is 5.30. The molecule has 2 fully saturated rings. The Hall–Kier alpha value is -0.300. The van der Waals surface area contributed by atoms with Crippen molar-refractivity contribution in [1.82, 2.24) is 0 Å². The van der Waals surface area contributed by atoms with Crippen LogP contribution in [0.5, 0.6) is 0 Å². The largest absolute Gasteiger partial charge is 0.374 e. The van der Waals surface area contributed by atoms with Gasteiger partial charge in [0.05, 0.1) is 12.7 Å². The molecule has 1 heteroatoms. The second kappa shape index (κ2) is 7.33. The van der Waals surface area contributed by atoms with Gasteiger partial charge in [-0.15, -0.1) is 6.58 Å². The predicted molar refractivity (Wildman–Crippen MR) is 77.6 cm³/mol. The molecule has 0 amide bonds. The first-order valence-electron chi connectivity index (χ1n) is 8.06. The summed E-state index contributed by atoms with van der Waals surface area (Å²) in [6.45, 7) is 6.81. The molecule has 0 N–H and O–H groups in total. The molecule has 0 bridgehead atoms. The summed E-state index contributed by atoms with van der Waals surface area (Å²) in [4.78, 5) is 0. The maximum Gasteiger partial charge on any atom is 0.0648 e. The van der Waals surface area contributed by atoms with Gasteiger partial charge in [-0.25, -0.2) is 0 Å². The van der Waals surface area contributed by atoms with E-state index in [-0.39, 0.29) is 0 Å². The minimum atomic E-state index is 0.520. The van der Waals surface area contributed by atoms with Crippen LogP contribution in [0.4, 0.5) is 0 Å². The summed E-state index contributed by atoms with van der Waals surface area (Å²) in [7, 11) is 0. The topological polar surface area (TPSA) is 9.23 Å². The van der Waals surface area contributed by atoms with Crippen LogP contribution in [-0.4, -0.2) is 12.7 Å². The highest BCUT2D eigenvalue weighted by atomic mass is 16.5. The summed E-state index contributed by atoms with van der Waals surface area (Å²) in [5, 5.41) is 0. The Morgan fingerprint density at radius 3 is 2.00 bits per heavy atom. The number of rotatable bonds is 5. The highest BCUT2D eigenvalue weighted by molar-refractivity contribution is 4.82. The van der Waals surface area contributed by atoms with E-state index in [0.717, 1.165) is 24.4 Å². The summed E-state index contributed by atoms with van der Waals surface area (Å²) in [5.74, 6) is 3.08. The lowest BCUT2D eigenvalue weighted by atomic mass is 9.70. The van der Waals surface area contributed by atoms with Crippen molar-refractivity contribution in [3.8, 4) is 0 Å². The number of hydrogen-bond donors (Lipinski definition) is 0. The highest BCUT2D eigenvalue weighted by Gasteiger charge is 2.30. The van der Waals surface area contributed by atoms with E-state index >= 15 is 0 Å². The van der Waals surface area contributed by atoms with Gasteiger partial charge < -0.3 is 4.74 Å². The minimum Gasteiger partial charge on any atom is -0.374 e. The van der Waals surface area contributed by atoms with Gasteiger partial charge in [0.1, 0.15) is 0 Å². The van der Waals surface area contributed by atoms with Gasteiger partial charge in [0.25, 0.3) is 0 Å². The molecule has 0 aliphatic heterocycles. The third kappa shape index (κ3) is 3.85. The van der Waals surface area contributed by atoms with Gasteiger partial charge in [-0.2, -0.15) is 0 Å². The van der Waals surface area contributed by atoms with E-state index in [4.69, 9.17) is 4.74 Å². The standard InChI is InChI=1S/C17H30O/c1-3-13-18-17-11-9-16(10-12-17)15-7-5-14(4-2)6-8-15/h3,14-17H,1,4-13H2,2H3/t14-,15-,16?,17?. The van der Waals surface area contributed by atoms with Crippen LogP contribution in [0.25, 0.3) is 0 Å². The molecule has 2 rings (SSSR count). The first-order valence-corrected chi connectivity index (χ1v) is 8.06. The summed E-state index contributed by atoms with van der Waals surface area (Å²) >= 11 is 0. The van der Waals surface area contributed by atoms with Crippen molar-refractivity contribution in [2.75, 3.05) is 6.61 Å². The third-order valence-electron chi connectivity index (χ3n) is 5.30. The monoisotopic (exact) mass is 250 g/mol. The molecule has 0 atom stereocenters. The zero-order chi connectivity index (χ0) is 12.8. The molecular formula is C17H30O. The van der Waals surface area contributed by atoms with Crippen LogP contribution in [0.2, 0.25) is 0 Å². The molecule has 0 heterocycles. The van der Waals surface area contributed by atoms with E-state index in [2.05, 4.69) is 13.5 Å². The molecule has 2 aliphatic rings. The molecule has 18 heavy (non-hydrogen) atoms. The van der Waals surface area contributed by atoms with E-state index in [1.807, 2.05) is 6.08 Å². The van der Waals surface area contributed by atoms with Gasteiger partial charge in [0.15, 0.2) is 0 Å². The van der Waals surface area contributed by atoms with E-state index < -0.39 is 0 Å². The molecule has 0 aromatic rings. The summed E-state index contributed by atoms with van der Waals surface area (Å²) in [6, 6.07) is 0. The van der Waals surface area contributed by atoms with Gasteiger partial charge >= 0.3 is 0 Å². The molecular weight excluding hydrogens is 220 g/mol. The van der Waals surface area contributed by atoms with Crippen LogP contribution in [0.1, 0.15) is 64.7 Å². The Morgan fingerprint density at radius 1 is 0.944 bits per heavy atom. The Kier molecular flexibility index (Phi) is 5.75. The number of hydrogen-bond acceptors (Lipinski definition) is 1. The van der Waals surface area contributed by atoms with Crippen molar-refractivity contribution in [3.05, 3.63) is 12.7 Å². The fourth-order valence-corrected chi connectivity index (χ4v) is 4.00. The van der Waals surface area contributed by atoms with E-state index in [9.17, 15) is 0 Å². The van der Waals surface area contributed by atoms with Gasteiger partial charge in [0, 0.05) is 0 Å². The van der Waals surface area contributed by atoms with Crippen molar-refractivity contribution < 1.29 is 4.74 Å². The average Bonchev–Trinajstić information content (AvgIpc) is 2.46. The lowest BCUT2D eigenvalue weighted by molar-refractivity contribution is 0.0212. The molecule has 2 aliphatic carbocycles. The van der Waals surface area contributed by atoms with Crippen LogP contribution < -0.4 is 0 Å². The van der Waals surface area contributed by atoms with Crippen LogP contribution >= 0.6 is 0 Å². The van der Waals surface area contributed by atoms with E-state index in [1.54, 1.807) is 0 Å². The fourth-order valence-electron chi connectivity index (χ4n) is 4.00. The molecule has 2 saturated carbocycles. The molecule has 1 nitrogen and oxygen atoms in total. The number of ether oxygens (including phenoxy) is 1. The molecule has 0 radical (unpaired) electrons. The smallest absolute Gasteiger partial charge is 0.0648 e. The molecule has 0 aromatic carbocycles. The molecule has 0 saturated heterocycles. The highest BCUT2D eigenvalue weighted by Crippen LogP contribution is 2.41. The average molecular weight is 250 g/mol. The van der Waals surface area contributed by atoms with Gasteiger partial charge in [-0.1, -0.05) is 32.3 Å². The van der Waals surface area contributed by atoms with E-state index in [0.29, 0.717) is 6.10 Å². The predicted octanol–water partition coefficient (Wildman–Crippen LogP) is 4.96. The Labute approximate surface area is 113 Å². The molecule has 104 valence electrons. The zero-order valence-electron chi connectivity index (χ0n) is 12.1. The first-order chi connectivity index (χ1) is 8.83. The van der Waals surface area contributed by atoms with Crippen molar-refractivity contribution in [2.45, 2.75) is 70.8 Å².